The number of rotatable bonds is 9. The van der Waals surface area contributed by atoms with E-state index in [1.807, 2.05) is 37.3 Å². The number of hydrogen-bond donors (Lipinski definition) is 2. The molecule has 0 aliphatic carbocycles. The fourth-order valence-electron chi connectivity index (χ4n) is 2.15. The molecule has 1 amide bonds. The van der Waals surface area contributed by atoms with Gasteiger partial charge in [-0.15, -0.1) is 11.3 Å². The quantitative estimate of drug-likeness (QED) is 0.669. The SMILES string of the molecule is CCc1ccc(S(=O)(=O)NCC(=O)NCCCc2ccccc2)s1. The zero-order valence-corrected chi connectivity index (χ0v) is 15.3. The van der Waals surface area contributed by atoms with Crippen molar-refractivity contribution in [3.8, 4) is 0 Å². The van der Waals surface area contributed by atoms with Gasteiger partial charge in [0.1, 0.15) is 4.21 Å². The predicted molar refractivity (Wildman–Crippen MR) is 96.7 cm³/mol. The average Bonchev–Trinajstić information content (AvgIpc) is 3.08. The van der Waals surface area contributed by atoms with E-state index in [0.717, 1.165) is 24.1 Å². The van der Waals surface area contributed by atoms with Crippen LogP contribution in [-0.4, -0.2) is 27.4 Å². The summed E-state index contributed by atoms with van der Waals surface area (Å²) >= 11 is 1.23. The van der Waals surface area contributed by atoms with Crippen molar-refractivity contribution < 1.29 is 13.2 Å². The zero-order chi connectivity index (χ0) is 17.4. The van der Waals surface area contributed by atoms with Crippen LogP contribution in [0.2, 0.25) is 0 Å². The highest BCUT2D eigenvalue weighted by molar-refractivity contribution is 7.91. The molecule has 0 saturated carbocycles. The molecule has 130 valence electrons. The fourth-order valence-corrected chi connectivity index (χ4v) is 4.47. The third kappa shape index (κ3) is 5.74. The van der Waals surface area contributed by atoms with E-state index in [4.69, 9.17) is 0 Å². The Morgan fingerprint density at radius 3 is 2.54 bits per heavy atom. The lowest BCUT2D eigenvalue weighted by molar-refractivity contribution is -0.119. The highest BCUT2D eigenvalue weighted by atomic mass is 32.2. The Morgan fingerprint density at radius 1 is 1.12 bits per heavy atom. The predicted octanol–water partition coefficient (Wildman–Crippen LogP) is 2.34. The van der Waals surface area contributed by atoms with E-state index in [1.165, 1.54) is 16.9 Å². The summed E-state index contributed by atoms with van der Waals surface area (Å²) in [6.07, 6.45) is 2.48. The number of nitrogens with one attached hydrogen (secondary N) is 2. The lowest BCUT2D eigenvalue weighted by atomic mass is 10.1. The summed E-state index contributed by atoms with van der Waals surface area (Å²) in [7, 11) is -3.61. The highest BCUT2D eigenvalue weighted by Gasteiger charge is 2.17. The van der Waals surface area contributed by atoms with Crippen LogP contribution in [0, 0.1) is 0 Å². The molecule has 0 fully saturated rings. The van der Waals surface area contributed by atoms with Gasteiger partial charge in [0.05, 0.1) is 6.54 Å². The number of sulfonamides is 1. The summed E-state index contributed by atoms with van der Waals surface area (Å²) in [6, 6.07) is 13.4. The Morgan fingerprint density at radius 2 is 1.88 bits per heavy atom. The molecule has 1 aromatic heterocycles. The minimum Gasteiger partial charge on any atom is -0.355 e. The summed E-state index contributed by atoms with van der Waals surface area (Å²) in [5.41, 5.74) is 1.22. The number of carbonyl (C=O) groups excluding carboxylic acids is 1. The van der Waals surface area contributed by atoms with Crippen LogP contribution in [-0.2, 0) is 27.7 Å². The lowest BCUT2D eigenvalue weighted by Gasteiger charge is -2.07. The van der Waals surface area contributed by atoms with Gasteiger partial charge >= 0.3 is 0 Å². The molecule has 0 unspecified atom stereocenters. The second-order valence-corrected chi connectivity index (χ2v) is 8.50. The first kappa shape index (κ1) is 18.6. The molecule has 7 heteroatoms. The number of hydrogen-bond acceptors (Lipinski definition) is 4. The maximum absolute atomic E-state index is 12.1. The molecule has 5 nitrogen and oxygen atoms in total. The molecule has 1 heterocycles. The van der Waals surface area contributed by atoms with E-state index in [-0.39, 0.29) is 16.7 Å². The second kappa shape index (κ2) is 8.96. The number of aryl methyl sites for hydroxylation is 2. The molecule has 1 aromatic carbocycles. The maximum Gasteiger partial charge on any atom is 0.250 e. The normalized spacial score (nSPS) is 11.4. The van der Waals surface area contributed by atoms with Crippen LogP contribution in [0.3, 0.4) is 0 Å². The van der Waals surface area contributed by atoms with Crippen molar-refractivity contribution in [3.63, 3.8) is 0 Å². The zero-order valence-electron chi connectivity index (χ0n) is 13.6. The Balaban J connectivity index is 1.70. The van der Waals surface area contributed by atoms with Gasteiger partial charge in [0, 0.05) is 11.4 Å². The lowest BCUT2D eigenvalue weighted by Crippen LogP contribution is -2.37. The van der Waals surface area contributed by atoms with Gasteiger partial charge < -0.3 is 5.32 Å². The van der Waals surface area contributed by atoms with E-state index in [9.17, 15) is 13.2 Å². The smallest absolute Gasteiger partial charge is 0.250 e. The van der Waals surface area contributed by atoms with Crippen LogP contribution < -0.4 is 10.0 Å². The van der Waals surface area contributed by atoms with Crippen LogP contribution in [0.4, 0.5) is 0 Å². The molecular weight excluding hydrogens is 344 g/mol. The Hall–Kier alpha value is -1.70. The van der Waals surface area contributed by atoms with Gasteiger partial charge in [-0.3, -0.25) is 4.79 Å². The maximum atomic E-state index is 12.1. The molecule has 0 saturated heterocycles. The van der Waals surface area contributed by atoms with Gasteiger partial charge in [-0.1, -0.05) is 37.3 Å². The first-order chi connectivity index (χ1) is 11.5. The minimum absolute atomic E-state index is 0.243. The van der Waals surface area contributed by atoms with Crippen LogP contribution in [0.1, 0.15) is 23.8 Å². The number of carbonyl (C=O) groups is 1. The first-order valence-electron chi connectivity index (χ1n) is 7.90. The molecule has 0 bridgehead atoms. The van der Waals surface area contributed by atoms with Crippen LogP contribution in [0.15, 0.2) is 46.7 Å². The molecule has 0 atom stereocenters. The van der Waals surface area contributed by atoms with Crippen molar-refractivity contribution in [1.29, 1.82) is 0 Å². The first-order valence-corrected chi connectivity index (χ1v) is 10.2. The summed E-state index contributed by atoms with van der Waals surface area (Å²) in [6.45, 7) is 2.25. The summed E-state index contributed by atoms with van der Waals surface area (Å²) in [5, 5.41) is 2.73. The van der Waals surface area contributed by atoms with Crippen LogP contribution in [0.25, 0.3) is 0 Å². The Bertz CT molecular complexity index is 755. The van der Waals surface area contributed by atoms with Gasteiger partial charge in [0.2, 0.25) is 5.91 Å². The van der Waals surface area contributed by atoms with Gasteiger partial charge in [-0.2, -0.15) is 0 Å². The molecule has 2 rings (SSSR count). The molecule has 0 aliphatic rings. The highest BCUT2D eigenvalue weighted by Crippen LogP contribution is 2.21. The van der Waals surface area contributed by atoms with Gasteiger partial charge in [-0.25, -0.2) is 13.1 Å². The standard InChI is InChI=1S/C17H22N2O3S2/c1-2-15-10-11-17(23-15)24(21,22)19-13-16(20)18-12-6-9-14-7-4-3-5-8-14/h3-5,7-8,10-11,19H,2,6,9,12-13H2,1H3,(H,18,20). The van der Waals surface area contributed by atoms with Crippen LogP contribution in [0.5, 0.6) is 0 Å². The van der Waals surface area contributed by atoms with Crippen molar-refractivity contribution in [3.05, 3.63) is 52.9 Å². The fraction of sp³-hybridized carbons (Fsp3) is 0.353. The molecule has 0 spiro atoms. The molecular formula is C17H22N2O3S2. The topological polar surface area (TPSA) is 75.3 Å². The third-order valence-electron chi connectivity index (χ3n) is 3.48. The van der Waals surface area contributed by atoms with Crippen molar-refractivity contribution in [1.82, 2.24) is 10.0 Å². The minimum atomic E-state index is -3.61. The summed E-state index contributed by atoms with van der Waals surface area (Å²) < 4.78 is 26.8. The van der Waals surface area contributed by atoms with Crippen LogP contribution >= 0.6 is 11.3 Å². The van der Waals surface area contributed by atoms with Gasteiger partial charge in [0.25, 0.3) is 10.0 Å². The largest absolute Gasteiger partial charge is 0.355 e. The molecule has 0 radical (unpaired) electrons. The van der Waals surface area contributed by atoms with Crippen molar-refractivity contribution >= 4 is 27.3 Å². The second-order valence-electron chi connectivity index (χ2n) is 5.34. The summed E-state index contributed by atoms with van der Waals surface area (Å²) in [5.74, 6) is -0.320. The van der Waals surface area contributed by atoms with Gasteiger partial charge in [-0.05, 0) is 37.0 Å². The van der Waals surface area contributed by atoms with Crippen molar-refractivity contribution in [2.24, 2.45) is 0 Å². The Kier molecular flexibility index (Phi) is 6.96. The average molecular weight is 367 g/mol. The number of thiophene rings is 1. The molecule has 0 aliphatic heterocycles. The van der Waals surface area contributed by atoms with E-state index in [1.54, 1.807) is 12.1 Å². The van der Waals surface area contributed by atoms with E-state index >= 15 is 0 Å². The van der Waals surface area contributed by atoms with Gasteiger partial charge in [0.15, 0.2) is 0 Å². The van der Waals surface area contributed by atoms with E-state index in [0.29, 0.717) is 6.54 Å². The van der Waals surface area contributed by atoms with Crippen molar-refractivity contribution in [2.75, 3.05) is 13.1 Å². The van der Waals surface area contributed by atoms with Crippen molar-refractivity contribution in [2.45, 2.75) is 30.4 Å². The Labute approximate surface area is 147 Å². The third-order valence-corrected chi connectivity index (χ3v) is 6.60. The number of benzene rings is 1. The molecule has 24 heavy (non-hydrogen) atoms. The summed E-state index contributed by atoms with van der Waals surface area (Å²) in [4.78, 5) is 12.8. The van der Waals surface area contributed by atoms with E-state index in [2.05, 4.69) is 10.0 Å². The monoisotopic (exact) mass is 366 g/mol. The number of amides is 1. The van der Waals surface area contributed by atoms with E-state index < -0.39 is 10.0 Å². The molecule has 2 aromatic rings. The molecule has 2 N–H and O–H groups in total.